The van der Waals surface area contributed by atoms with Crippen LogP contribution in [-0.2, 0) is 4.79 Å². The monoisotopic (exact) mass is 215 g/mol. The Kier molecular flexibility index (Phi) is 5.05. The van der Waals surface area contributed by atoms with Crippen LogP contribution in [-0.4, -0.2) is 34.9 Å². The lowest BCUT2D eigenvalue weighted by Crippen LogP contribution is -2.38. The van der Waals surface area contributed by atoms with Gasteiger partial charge in [0.2, 0.25) is 0 Å². The first-order valence-corrected chi connectivity index (χ1v) is 5.71. The van der Waals surface area contributed by atoms with E-state index in [9.17, 15) is 9.90 Å². The van der Waals surface area contributed by atoms with Gasteiger partial charge in [0.15, 0.2) is 0 Å². The number of hydrogen-bond acceptors (Lipinski definition) is 3. The SMILES string of the molecule is CC1CCC(NCC(O)CC(=O)O)CC1. The molecule has 0 aromatic carbocycles. The van der Waals surface area contributed by atoms with Crippen molar-refractivity contribution in [1.29, 1.82) is 0 Å². The molecule has 0 spiro atoms. The van der Waals surface area contributed by atoms with E-state index in [1.54, 1.807) is 0 Å². The fraction of sp³-hybridized carbons (Fsp3) is 0.909. The summed E-state index contributed by atoms with van der Waals surface area (Å²) in [5, 5.41) is 21.1. The van der Waals surface area contributed by atoms with Gasteiger partial charge in [-0.1, -0.05) is 6.92 Å². The second-order valence-electron chi connectivity index (χ2n) is 4.62. The van der Waals surface area contributed by atoms with Gasteiger partial charge in [-0.2, -0.15) is 0 Å². The zero-order valence-electron chi connectivity index (χ0n) is 9.28. The smallest absolute Gasteiger partial charge is 0.306 e. The Balaban J connectivity index is 2.11. The molecule has 1 rings (SSSR count). The van der Waals surface area contributed by atoms with Gasteiger partial charge in [-0.25, -0.2) is 0 Å². The van der Waals surface area contributed by atoms with Crippen LogP contribution in [0.2, 0.25) is 0 Å². The fourth-order valence-electron chi connectivity index (χ4n) is 2.04. The molecule has 1 atom stereocenters. The molecular formula is C11H21NO3. The molecule has 3 N–H and O–H groups in total. The minimum atomic E-state index is -0.943. The van der Waals surface area contributed by atoms with Crippen LogP contribution in [0.1, 0.15) is 39.0 Å². The Labute approximate surface area is 90.7 Å². The van der Waals surface area contributed by atoms with Crippen molar-refractivity contribution in [2.24, 2.45) is 5.92 Å². The third kappa shape index (κ3) is 5.14. The summed E-state index contributed by atoms with van der Waals surface area (Å²) in [6, 6.07) is 0.463. The van der Waals surface area contributed by atoms with Crippen molar-refractivity contribution in [2.45, 2.75) is 51.2 Å². The molecule has 0 aromatic rings. The number of carboxylic acid groups (broad SMARTS) is 1. The van der Waals surface area contributed by atoms with E-state index in [0.29, 0.717) is 12.6 Å². The normalized spacial score (nSPS) is 28.7. The molecule has 1 aliphatic carbocycles. The molecule has 0 saturated heterocycles. The van der Waals surface area contributed by atoms with Crippen molar-refractivity contribution in [1.82, 2.24) is 5.32 Å². The number of hydrogen-bond donors (Lipinski definition) is 3. The van der Waals surface area contributed by atoms with E-state index >= 15 is 0 Å². The highest BCUT2D eigenvalue weighted by molar-refractivity contribution is 5.67. The number of aliphatic hydroxyl groups excluding tert-OH is 1. The van der Waals surface area contributed by atoms with Crippen molar-refractivity contribution in [3.63, 3.8) is 0 Å². The highest BCUT2D eigenvalue weighted by Crippen LogP contribution is 2.23. The minimum Gasteiger partial charge on any atom is -0.481 e. The first-order valence-electron chi connectivity index (χ1n) is 5.71. The number of carboxylic acids is 1. The van der Waals surface area contributed by atoms with E-state index in [1.807, 2.05) is 0 Å². The van der Waals surface area contributed by atoms with Crippen molar-refractivity contribution in [3.8, 4) is 0 Å². The van der Waals surface area contributed by atoms with Gasteiger partial charge in [0.05, 0.1) is 12.5 Å². The molecule has 0 aliphatic heterocycles. The van der Waals surface area contributed by atoms with Gasteiger partial charge < -0.3 is 15.5 Å². The Morgan fingerprint density at radius 1 is 1.40 bits per heavy atom. The molecule has 1 unspecified atom stereocenters. The van der Waals surface area contributed by atoms with E-state index < -0.39 is 12.1 Å². The Bertz CT molecular complexity index is 200. The average molecular weight is 215 g/mol. The summed E-state index contributed by atoms with van der Waals surface area (Å²) in [4.78, 5) is 10.3. The predicted octanol–water partition coefficient (Wildman–Crippen LogP) is 0.990. The lowest BCUT2D eigenvalue weighted by Gasteiger charge is -2.27. The zero-order chi connectivity index (χ0) is 11.3. The molecule has 0 heterocycles. The molecule has 1 fully saturated rings. The summed E-state index contributed by atoms with van der Waals surface area (Å²) in [6.07, 6.45) is 3.80. The summed E-state index contributed by atoms with van der Waals surface area (Å²) in [5.74, 6) is -0.131. The van der Waals surface area contributed by atoms with Crippen LogP contribution in [0.5, 0.6) is 0 Å². The Hall–Kier alpha value is -0.610. The average Bonchev–Trinajstić information content (AvgIpc) is 2.16. The number of aliphatic hydroxyl groups is 1. The number of carbonyl (C=O) groups is 1. The molecule has 1 aliphatic rings. The second-order valence-corrected chi connectivity index (χ2v) is 4.62. The molecule has 0 aromatic heterocycles. The molecule has 4 heteroatoms. The van der Waals surface area contributed by atoms with Crippen LogP contribution >= 0.6 is 0 Å². The first kappa shape index (κ1) is 12.5. The topological polar surface area (TPSA) is 69.6 Å². The van der Waals surface area contributed by atoms with Crippen molar-refractivity contribution >= 4 is 5.97 Å². The maximum absolute atomic E-state index is 10.3. The zero-order valence-corrected chi connectivity index (χ0v) is 9.28. The van der Waals surface area contributed by atoms with Gasteiger partial charge in [0.25, 0.3) is 0 Å². The highest BCUT2D eigenvalue weighted by Gasteiger charge is 2.18. The van der Waals surface area contributed by atoms with Crippen LogP contribution in [0.4, 0.5) is 0 Å². The lowest BCUT2D eigenvalue weighted by atomic mass is 9.87. The fourth-order valence-corrected chi connectivity index (χ4v) is 2.04. The third-order valence-electron chi connectivity index (χ3n) is 3.07. The van der Waals surface area contributed by atoms with Gasteiger partial charge in [0.1, 0.15) is 0 Å². The van der Waals surface area contributed by atoms with E-state index in [0.717, 1.165) is 18.8 Å². The van der Waals surface area contributed by atoms with Crippen LogP contribution in [0.25, 0.3) is 0 Å². The summed E-state index contributed by atoms with van der Waals surface area (Å²) in [7, 11) is 0. The summed E-state index contributed by atoms with van der Waals surface area (Å²) < 4.78 is 0. The lowest BCUT2D eigenvalue weighted by molar-refractivity contribution is -0.139. The van der Waals surface area contributed by atoms with Crippen LogP contribution in [0, 0.1) is 5.92 Å². The van der Waals surface area contributed by atoms with E-state index in [1.165, 1.54) is 12.8 Å². The Morgan fingerprint density at radius 3 is 2.53 bits per heavy atom. The van der Waals surface area contributed by atoms with E-state index in [-0.39, 0.29) is 6.42 Å². The highest BCUT2D eigenvalue weighted by atomic mass is 16.4. The van der Waals surface area contributed by atoms with E-state index in [4.69, 9.17) is 5.11 Å². The van der Waals surface area contributed by atoms with Gasteiger partial charge >= 0.3 is 5.97 Å². The summed E-state index contributed by atoms with van der Waals surface area (Å²) in [5.41, 5.74) is 0. The molecule has 1 saturated carbocycles. The van der Waals surface area contributed by atoms with Gasteiger partial charge in [0, 0.05) is 12.6 Å². The third-order valence-corrected chi connectivity index (χ3v) is 3.07. The van der Waals surface area contributed by atoms with Crippen LogP contribution < -0.4 is 5.32 Å². The molecule has 88 valence electrons. The number of aliphatic carboxylic acids is 1. The predicted molar refractivity (Wildman–Crippen MR) is 57.7 cm³/mol. The molecule has 0 bridgehead atoms. The quantitative estimate of drug-likeness (QED) is 0.639. The maximum atomic E-state index is 10.3. The minimum absolute atomic E-state index is 0.171. The van der Waals surface area contributed by atoms with Gasteiger partial charge in [-0.05, 0) is 31.6 Å². The molecule has 0 radical (unpaired) electrons. The second kappa shape index (κ2) is 6.08. The van der Waals surface area contributed by atoms with Crippen LogP contribution in [0.3, 0.4) is 0 Å². The number of rotatable bonds is 5. The van der Waals surface area contributed by atoms with Gasteiger partial charge in [-0.3, -0.25) is 4.79 Å². The largest absolute Gasteiger partial charge is 0.481 e. The van der Waals surface area contributed by atoms with Crippen molar-refractivity contribution in [2.75, 3.05) is 6.54 Å². The Morgan fingerprint density at radius 2 is 2.00 bits per heavy atom. The van der Waals surface area contributed by atoms with Crippen molar-refractivity contribution < 1.29 is 15.0 Å². The number of nitrogens with one attached hydrogen (secondary N) is 1. The van der Waals surface area contributed by atoms with E-state index in [2.05, 4.69) is 12.2 Å². The molecule has 4 nitrogen and oxygen atoms in total. The van der Waals surface area contributed by atoms with Crippen LogP contribution in [0.15, 0.2) is 0 Å². The first-order chi connectivity index (χ1) is 7.08. The molecular weight excluding hydrogens is 194 g/mol. The molecule has 15 heavy (non-hydrogen) atoms. The summed E-state index contributed by atoms with van der Waals surface area (Å²) >= 11 is 0. The van der Waals surface area contributed by atoms with Gasteiger partial charge in [-0.15, -0.1) is 0 Å². The van der Waals surface area contributed by atoms with Crippen molar-refractivity contribution in [3.05, 3.63) is 0 Å². The standard InChI is InChI=1S/C11H21NO3/c1-8-2-4-9(5-3-8)12-7-10(13)6-11(14)15/h8-10,12-13H,2-7H2,1H3,(H,14,15). The molecule has 0 amide bonds. The summed E-state index contributed by atoms with van der Waals surface area (Å²) in [6.45, 7) is 2.65. The maximum Gasteiger partial charge on any atom is 0.306 e.